The Morgan fingerprint density at radius 1 is 1.06 bits per heavy atom. The summed E-state index contributed by atoms with van der Waals surface area (Å²) in [6.07, 6.45) is 5.58. The summed E-state index contributed by atoms with van der Waals surface area (Å²) < 4.78 is 34.4. The number of amides is 1. The second kappa shape index (κ2) is 9.01. The van der Waals surface area contributed by atoms with Crippen molar-refractivity contribution in [2.75, 3.05) is 0 Å². The maximum absolute atomic E-state index is 13.4. The predicted octanol–water partition coefficient (Wildman–Crippen LogP) is 5.40. The summed E-state index contributed by atoms with van der Waals surface area (Å²) in [5.74, 6) is -1.08. The number of rotatable bonds is 6. The number of hydrogen-bond donors (Lipinski definition) is 1. The molecule has 2 aromatic carbocycles. The van der Waals surface area contributed by atoms with Crippen molar-refractivity contribution in [2.45, 2.75) is 13.5 Å². The van der Waals surface area contributed by atoms with Gasteiger partial charge in [-0.2, -0.15) is 0 Å². The van der Waals surface area contributed by atoms with Gasteiger partial charge in [-0.3, -0.25) is 9.78 Å². The van der Waals surface area contributed by atoms with Crippen molar-refractivity contribution in [3.63, 3.8) is 0 Å². The number of carbonyl (C=O) groups is 1. The lowest BCUT2D eigenvalue weighted by atomic mass is 10.1. The Labute approximate surface area is 184 Å². The molecule has 0 aliphatic rings. The smallest absolute Gasteiger partial charge is 0.251 e. The topological polar surface area (TPSA) is 56.1 Å². The van der Waals surface area contributed by atoms with Crippen molar-refractivity contribution in [1.29, 1.82) is 0 Å². The van der Waals surface area contributed by atoms with Crippen LogP contribution in [0.25, 0.3) is 11.3 Å². The fourth-order valence-corrected chi connectivity index (χ4v) is 3.20. The van der Waals surface area contributed by atoms with Crippen molar-refractivity contribution in [3.05, 3.63) is 102 Å². The zero-order chi connectivity index (χ0) is 22.7. The van der Waals surface area contributed by atoms with Gasteiger partial charge in [0.25, 0.3) is 5.91 Å². The maximum atomic E-state index is 13.4. The van der Waals surface area contributed by atoms with Crippen molar-refractivity contribution in [2.24, 2.45) is 7.05 Å². The first-order chi connectivity index (χ1) is 15.4. The van der Waals surface area contributed by atoms with Crippen molar-refractivity contribution >= 4 is 5.91 Å². The number of pyridine rings is 1. The molecule has 2 heterocycles. The third kappa shape index (κ3) is 4.83. The van der Waals surface area contributed by atoms with Gasteiger partial charge in [0.1, 0.15) is 11.5 Å². The van der Waals surface area contributed by atoms with E-state index in [9.17, 15) is 13.6 Å². The van der Waals surface area contributed by atoms with Crippen LogP contribution in [0.4, 0.5) is 8.78 Å². The minimum Gasteiger partial charge on any atom is -0.457 e. The van der Waals surface area contributed by atoms with Crippen LogP contribution in [0.2, 0.25) is 0 Å². The van der Waals surface area contributed by atoms with Crippen LogP contribution in [0.5, 0.6) is 11.5 Å². The molecule has 2 aromatic heterocycles. The molecule has 4 aromatic rings. The van der Waals surface area contributed by atoms with E-state index in [-0.39, 0.29) is 12.5 Å². The van der Waals surface area contributed by atoms with E-state index >= 15 is 0 Å². The van der Waals surface area contributed by atoms with E-state index in [4.69, 9.17) is 4.74 Å². The van der Waals surface area contributed by atoms with Gasteiger partial charge >= 0.3 is 0 Å². The molecule has 0 bridgehead atoms. The summed E-state index contributed by atoms with van der Waals surface area (Å²) in [6, 6.07) is 14.2. The lowest BCUT2D eigenvalue weighted by Gasteiger charge is -2.12. The molecule has 0 saturated carbocycles. The molecule has 4 rings (SSSR count). The number of ether oxygens (including phenoxy) is 1. The van der Waals surface area contributed by atoms with Gasteiger partial charge < -0.3 is 14.6 Å². The number of nitrogens with zero attached hydrogens (tertiary/aromatic N) is 2. The van der Waals surface area contributed by atoms with Gasteiger partial charge in [0, 0.05) is 49.4 Å². The Morgan fingerprint density at radius 2 is 1.91 bits per heavy atom. The van der Waals surface area contributed by atoms with Crippen LogP contribution in [-0.2, 0) is 13.6 Å². The number of carbonyl (C=O) groups excluding carboxylic acids is 1. The first kappa shape index (κ1) is 21.2. The molecule has 32 heavy (non-hydrogen) atoms. The molecule has 0 spiro atoms. The minimum atomic E-state index is -0.949. The molecule has 0 atom stereocenters. The number of aromatic nitrogens is 2. The highest BCUT2D eigenvalue weighted by Gasteiger charge is 2.11. The molecular weight excluding hydrogens is 412 g/mol. The SMILES string of the molecule is Cc1ccc(C(=O)NCc2ccc(F)c(F)c2)cc1Oc1ccnc(-c2ccn(C)c2)c1. The van der Waals surface area contributed by atoms with Gasteiger partial charge in [-0.05, 0) is 54.4 Å². The van der Waals surface area contributed by atoms with Crippen LogP contribution < -0.4 is 10.1 Å². The third-order valence-electron chi connectivity index (χ3n) is 4.97. The van der Waals surface area contributed by atoms with Crippen molar-refractivity contribution in [3.8, 4) is 22.8 Å². The van der Waals surface area contributed by atoms with Crippen LogP contribution >= 0.6 is 0 Å². The van der Waals surface area contributed by atoms with E-state index < -0.39 is 11.6 Å². The van der Waals surface area contributed by atoms with Gasteiger partial charge in [0.15, 0.2) is 11.6 Å². The Kier molecular flexibility index (Phi) is 5.98. The van der Waals surface area contributed by atoms with Crippen LogP contribution in [0, 0.1) is 18.6 Å². The van der Waals surface area contributed by atoms with E-state index in [1.54, 1.807) is 30.5 Å². The fourth-order valence-electron chi connectivity index (χ4n) is 3.20. The Morgan fingerprint density at radius 3 is 2.66 bits per heavy atom. The predicted molar refractivity (Wildman–Crippen MR) is 117 cm³/mol. The third-order valence-corrected chi connectivity index (χ3v) is 4.97. The highest BCUT2D eigenvalue weighted by atomic mass is 19.2. The molecule has 1 N–H and O–H groups in total. The van der Waals surface area contributed by atoms with E-state index in [2.05, 4.69) is 10.3 Å². The summed E-state index contributed by atoms with van der Waals surface area (Å²) in [5, 5.41) is 2.71. The molecule has 1 amide bonds. The largest absolute Gasteiger partial charge is 0.457 e. The van der Waals surface area contributed by atoms with Gasteiger partial charge in [-0.25, -0.2) is 8.78 Å². The summed E-state index contributed by atoms with van der Waals surface area (Å²) in [7, 11) is 1.94. The molecule has 7 heteroatoms. The molecule has 162 valence electrons. The Bertz CT molecular complexity index is 1280. The standard InChI is InChI=1S/C25H21F2N3O2/c1-16-3-5-18(25(31)29-14-17-4-6-21(26)22(27)11-17)12-24(16)32-20-7-9-28-23(13-20)19-8-10-30(2)15-19/h3-13,15H,14H2,1-2H3,(H,29,31). The number of halogens is 2. The summed E-state index contributed by atoms with van der Waals surface area (Å²) in [6.45, 7) is 1.96. The molecule has 0 radical (unpaired) electrons. The number of aryl methyl sites for hydroxylation is 2. The van der Waals surface area contributed by atoms with Crippen LogP contribution in [0.15, 0.2) is 73.2 Å². The number of benzene rings is 2. The van der Waals surface area contributed by atoms with Crippen molar-refractivity contribution < 1.29 is 18.3 Å². The zero-order valence-electron chi connectivity index (χ0n) is 17.6. The van der Waals surface area contributed by atoms with Crippen molar-refractivity contribution in [1.82, 2.24) is 14.9 Å². The first-order valence-corrected chi connectivity index (χ1v) is 9.98. The average molecular weight is 433 g/mol. The van der Waals surface area contributed by atoms with Gasteiger partial charge in [0.2, 0.25) is 0 Å². The normalized spacial score (nSPS) is 10.8. The summed E-state index contributed by atoms with van der Waals surface area (Å²) in [5.41, 5.74) is 3.47. The highest BCUT2D eigenvalue weighted by molar-refractivity contribution is 5.94. The second-order valence-corrected chi connectivity index (χ2v) is 7.46. The quantitative estimate of drug-likeness (QED) is 0.443. The Balaban J connectivity index is 1.49. The lowest BCUT2D eigenvalue weighted by molar-refractivity contribution is 0.0950. The number of nitrogens with one attached hydrogen (secondary N) is 1. The van der Waals surface area contributed by atoms with E-state index in [0.717, 1.165) is 29.0 Å². The minimum absolute atomic E-state index is 0.0743. The molecular formula is C25H21F2N3O2. The molecule has 5 nitrogen and oxygen atoms in total. The molecule has 0 saturated heterocycles. The zero-order valence-corrected chi connectivity index (χ0v) is 17.6. The molecule has 0 aliphatic heterocycles. The summed E-state index contributed by atoms with van der Waals surface area (Å²) >= 11 is 0. The molecule has 0 unspecified atom stereocenters. The highest BCUT2D eigenvalue weighted by Crippen LogP contribution is 2.29. The lowest BCUT2D eigenvalue weighted by Crippen LogP contribution is -2.22. The van der Waals surface area contributed by atoms with E-state index in [0.29, 0.717) is 22.6 Å². The van der Waals surface area contributed by atoms with Crippen LogP contribution in [-0.4, -0.2) is 15.5 Å². The molecule has 0 aliphatic carbocycles. The van der Waals surface area contributed by atoms with E-state index in [1.165, 1.54) is 6.07 Å². The second-order valence-electron chi connectivity index (χ2n) is 7.46. The summed E-state index contributed by atoms with van der Waals surface area (Å²) in [4.78, 5) is 17.0. The monoisotopic (exact) mass is 433 g/mol. The van der Waals surface area contributed by atoms with Crippen LogP contribution in [0.1, 0.15) is 21.5 Å². The number of hydrogen-bond acceptors (Lipinski definition) is 3. The van der Waals surface area contributed by atoms with Gasteiger partial charge in [-0.1, -0.05) is 12.1 Å². The Hall–Kier alpha value is -4.00. The van der Waals surface area contributed by atoms with Gasteiger partial charge in [-0.15, -0.1) is 0 Å². The van der Waals surface area contributed by atoms with E-state index in [1.807, 2.05) is 43.1 Å². The first-order valence-electron chi connectivity index (χ1n) is 9.98. The maximum Gasteiger partial charge on any atom is 0.251 e. The molecule has 0 fully saturated rings. The van der Waals surface area contributed by atoms with Gasteiger partial charge in [0.05, 0.1) is 5.69 Å². The average Bonchev–Trinajstić information content (AvgIpc) is 3.22. The van der Waals surface area contributed by atoms with Crippen LogP contribution in [0.3, 0.4) is 0 Å². The fraction of sp³-hybridized carbons (Fsp3) is 0.120.